The quantitative estimate of drug-likeness (QED) is 0.361. The number of aryl methyl sites for hydroxylation is 2. The zero-order valence-corrected chi connectivity index (χ0v) is 17.1. The van der Waals surface area contributed by atoms with E-state index in [4.69, 9.17) is 14.9 Å². The maximum Gasteiger partial charge on any atom is 0.339 e. The summed E-state index contributed by atoms with van der Waals surface area (Å²) in [6.07, 6.45) is 2.78. The number of hydrogen-bond donors (Lipinski definition) is 3. The number of carboxylic acid groups (broad SMARTS) is 1. The number of aliphatic carboxylic acids is 1. The van der Waals surface area contributed by atoms with Gasteiger partial charge in [-0.15, -0.1) is 0 Å². The molecule has 0 saturated carbocycles. The number of amides is 3. The molecule has 4 N–H and O–H groups in total. The number of nitrogens with one attached hydrogen (secondary N) is 2. The molecule has 3 rings (SSSR count). The third kappa shape index (κ3) is 5.14. The molecule has 1 heterocycles. The van der Waals surface area contributed by atoms with Gasteiger partial charge >= 0.3 is 11.7 Å². The van der Waals surface area contributed by atoms with Gasteiger partial charge in [0.2, 0.25) is 0 Å². The third-order valence-corrected chi connectivity index (χ3v) is 5.29. The SMILES string of the molecule is Cc1c(OCC(=O)N[C@@H](CCCNC(N)=O)C(=O)[O-])ccc2c3c(c(=O)oc12)CCC3. The van der Waals surface area contributed by atoms with E-state index in [2.05, 4.69) is 10.6 Å². The van der Waals surface area contributed by atoms with E-state index in [0.29, 0.717) is 23.3 Å². The minimum atomic E-state index is -1.44. The van der Waals surface area contributed by atoms with Crippen LogP contribution in [0.1, 0.15) is 36.0 Å². The molecular weight excluding hydrogens is 406 g/mol. The summed E-state index contributed by atoms with van der Waals surface area (Å²) in [6.45, 7) is 1.48. The normalized spacial score (nSPS) is 13.5. The van der Waals surface area contributed by atoms with Gasteiger partial charge in [0.1, 0.15) is 11.3 Å². The number of hydrogen-bond acceptors (Lipinski definition) is 7. The van der Waals surface area contributed by atoms with E-state index in [1.807, 2.05) is 0 Å². The molecule has 1 atom stereocenters. The Hall–Kier alpha value is -3.56. The van der Waals surface area contributed by atoms with Crippen molar-refractivity contribution >= 4 is 28.9 Å². The fraction of sp³-hybridized carbons (Fsp3) is 0.429. The van der Waals surface area contributed by atoms with Gasteiger partial charge in [0.05, 0.1) is 12.0 Å². The van der Waals surface area contributed by atoms with Crippen LogP contribution >= 0.6 is 0 Å². The first-order valence-corrected chi connectivity index (χ1v) is 10.0. The number of carboxylic acids is 1. The van der Waals surface area contributed by atoms with Crippen LogP contribution in [0.15, 0.2) is 21.3 Å². The first-order chi connectivity index (χ1) is 14.8. The first kappa shape index (κ1) is 22.1. The highest BCUT2D eigenvalue weighted by molar-refractivity contribution is 5.87. The summed E-state index contributed by atoms with van der Waals surface area (Å²) in [5.41, 5.74) is 7.33. The van der Waals surface area contributed by atoms with Crippen LogP contribution in [0.25, 0.3) is 11.0 Å². The second-order valence-electron chi connectivity index (χ2n) is 7.43. The maximum atomic E-state index is 12.2. The minimum absolute atomic E-state index is 0.0552. The van der Waals surface area contributed by atoms with Crippen molar-refractivity contribution in [1.82, 2.24) is 10.6 Å². The second kappa shape index (κ2) is 9.50. The molecular formula is C21H24N3O7-. The molecule has 166 valence electrons. The van der Waals surface area contributed by atoms with Crippen LogP contribution in [0.5, 0.6) is 5.75 Å². The van der Waals surface area contributed by atoms with Crippen molar-refractivity contribution in [3.05, 3.63) is 39.2 Å². The molecule has 0 aliphatic heterocycles. The van der Waals surface area contributed by atoms with Crippen LogP contribution in [-0.4, -0.2) is 37.1 Å². The summed E-state index contributed by atoms with van der Waals surface area (Å²) in [7, 11) is 0. The lowest BCUT2D eigenvalue weighted by Gasteiger charge is -2.20. The van der Waals surface area contributed by atoms with Gasteiger partial charge in [0, 0.05) is 23.1 Å². The fourth-order valence-corrected chi connectivity index (χ4v) is 3.77. The van der Waals surface area contributed by atoms with Crippen molar-refractivity contribution in [3.8, 4) is 5.75 Å². The monoisotopic (exact) mass is 430 g/mol. The molecule has 3 amide bonds. The summed E-state index contributed by atoms with van der Waals surface area (Å²) in [5.74, 6) is -1.73. The van der Waals surface area contributed by atoms with Gasteiger partial charge in [-0.2, -0.15) is 0 Å². The smallest absolute Gasteiger partial charge is 0.339 e. The van der Waals surface area contributed by atoms with Gasteiger partial charge in [-0.05, 0) is 56.7 Å². The Labute approximate surface area is 177 Å². The number of carbonyl (C=O) groups excluding carboxylic acids is 3. The van der Waals surface area contributed by atoms with Gasteiger partial charge < -0.3 is 35.4 Å². The van der Waals surface area contributed by atoms with Gasteiger partial charge in [0.25, 0.3) is 5.91 Å². The van der Waals surface area contributed by atoms with Gasteiger partial charge in [-0.25, -0.2) is 9.59 Å². The van der Waals surface area contributed by atoms with Crippen molar-refractivity contribution in [2.75, 3.05) is 13.2 Å². The van der Waals surface area contributed by atoms with E-state index >= 15 is 0 Å². The summed E-state index contributed by atoms with van der Waals surface area (Å²) < 4.78 is 11.0. The van der Waals surface area contributed by atoms with Crippen LogP contribution in [0.4, 0.5) is 4.79 Å². The molecule has 0 bridgehead atoms. The highest BCUT2D eigenvalue weighted by atomic mass is 16.5. The average Bonchev–Trinajstić information content (AvgIpc) is 3.21. The second-order valence-corrected chi connectivity index (χ2v) is 7.43. The number of fused-ring (bicyclic) bond motifs is 3. The molecule has 1 aliphatic carbocycles. The number of rotatable bonds is 9. The Bertz CT molecular complexity index is 1080. The summed E-state index contributed by atoms with van der Waals surface area (Å²) in [5, 5.41) is 16.8. The standard InChI is InChI=1S/C21H25N3O7/c1-11-16(8-7-13-12-4-2-5-14(12)20(28)31-18(11)13)30-10-17(25)24-15(19(26)27)6-3-9-23-21(22)29/h7-8,15H,2-6,9-10H2,1H3,(H,24,25)(H,26,27)(H3,22,23,29)/p-1/t15-/m0/s1. The molecule has 1 aliphatic rings. The molecule has 10 heteroatoms. The fourth-order valence-electron chi connectivity index (χ4n) is 3.77. The van der Waals surface area contributed by atoms with Crippen molar-refractivity contribution < 1.29 is 28.6 Å². The highest BCUT2D eigenvalue weighted by Crippen LogP contribution is 2.32. The summed E-state index contributed by atoms with van der Waals surface area (Å²) in [4.78, 5) is 46.3. The molecule has 2 aromatic rings. The summed E-state index contributed by atoms with van der Waals surface area (Å²) in [6, 6.07) is 1.56. The van der Waals surface area contributed by atoms with E-state index in [0.717, 1.165) is 29.4 Å². The number of benzene rings is 1. The van der Waals surface area contributed by atoms with Gasteiger partial charge in [0.15, 0.2) is 6.61 Å². The van der Waals surface area contributed by atoms with Crippen LogP contribution in [0.2, 0.25) is 0 Å². The topological polar surface area (TPSA) is 164 Å². The highest BCUT2D eigenvalue weighted by Gasteiger charge is 2.21. The average molecular weight is 430 g/mol. The molecule has 0 saturated heterocycles. The van der Waals surface area contributed by atoms with E-state index < -0.39 is 30.6 Å². The number of nitrogens with two attached hydrogens (primary N) is 1. The molecule has 0 radical (unpaired) electrons. The number of urea groups is 1. The number of primary amides is 1. The van der Waals surface area contributed by atoms with Crippen LogP contribution < -0.4 is 31.8 Å². The lowest BCUT2D eigenvalue weighted by atomic mass is 10.0. The predicted octanol–water partition coefficient (Wildman–Crippen LogP) is -0.348. The van der Waals surface area contributed by atoms with Crippen molar-refractivity contribution in [2.24, 2.45) is 5.73 Å². The predicted molar refractivity (Wildman–Crippen MR) is 108 cm³/mol. The number of ether oxygens (including phenoxy) is 1. The third-order valence-electron chi connectivity index (χ3n) is 5.29. The van der Waals surface area contributed by atoms with Gasteiger partial charge in [-0.1, -0.05) is 0 Å². The minimum Gasteiger partial charge on any atom is -0.548 e. The Morgan fingerprint density at radius 1 is 1.26 bits per heavy atom. The largest absolute Gasteiger partial charge is 0.548 e. The Morgan fingerprint density at radius 2 is 2.00 bits per heavy atom. The van der Waals surface area contributed by atoms with E-state index in [1.54, 1.807) is 19.1 Å². The van der Waals surface area contributed by atoms with E-state index in [-0.39, 0.29) is 25.0 Å². The molecule has 1 aromatic carbocycles. The summed E-state index contributed by atoms with van der Waals surface area (Å²) >= 11 is 0. The van der Waals surface area contributed by atoms with E-state index in [9.17, 15) is 24.3 Å². The van der Waals surface area contributed by atoms with Crippen LogP contribution in [0.3, 0.4) is 0 Å². The Kier molecular flexibility index (Phi) is 6.78. The molecule has 0 spiro atoms. The molecule has 31 heavy (non-hydrogen) atoms. The van der Waals surface area contributed by atoms with Crippen LogP contribution in [-0.2, 0) is 22.4 Å². The van der Waals surface area contributed by atoms with Gasteiger partial charge in [-0.3, -0.25) is 4.79 Å². The van der Waals surface area contributed by atoms with Crippen molar-refractivity contribution in [3.63, 3.8) is 0 Å². The maximum absolute atomic E-state index is 12.2. The van der Waals surface area contributed by atoms with E-state index in [1.165, 1.54) is 0 Å². The zero-order chi connectivity index (χ0) is 22.5. The molecule has 0 fully saturated rings. The first-order valence-electron chi connectivity index (χ1n) is 10.0. The zero-order valence-electron chi connectivity index (χ0n) is 17.1. The lowest BCUT2D eigenvalue weighted by molar-refractivity contribution is -0.308. The van der Waals surface area contributed by atoms with Crippen molar-refractivity contribution in [1.29, 1.82) is 0 Å². The number of carbonyl (C=O) groups is 3. The van der Waals surface area contributed by atoms with Crippen LogP contribution in [0, 0.1) is 6.92 Å². The molecule has 1 aromatic heterocycles. The molecule has 10 nitrogen and oxygen atoms in total. The van der Waals surface area contributed by atoms with Crippen molar-refractivity contribution in [2.45, 2.75) is 45.1 Å². The Balaban J connectivity index is 1.63. The molecule has 0 unspecified atom stereocenters. The Morgan fingerprint density at radius 3 is 2.71 bits per heavy atom. The lowest BCUT2D eigenvalue weighted by Crippen LogP contribution is -2.49.